The second-order valence-corrected chi connectivity index (χ2v) is 13.1. The first kappa shape index (κ1) is 13.8. The van der Waals surface area contributed by atoms with E-state index in [1.165, 1.54) is 13.8 Å². The molecule has 0 saturated carbocycles. The van der Waals surface area contributed by atoms with Crippen LogP contribution < -0.4 is 4.90 Å². The molecule has 1 aliphatic carbocycles. The van der Waals surface area contributed by atoms with E-state index in [0.29, 0.717) is 4.90 Å². The van der Waals surface area contributed by atoms with E-state index in [9.17, 15) is 21.9 Å². The summed E-state index contributed by atoms with van der Waals surface area (Å²) in [7, 11) is 0. The zero-order chi connectivity index (χ0) is 66.8. The Kier molecular flexibility index (Phi) is 3.14. The number of hydrogen-bond acceptors (Lipinski definition) is 2. The minimum atomic E-state index is -1.83. The largest absolute Gasteiger partial charge is 0.453 e. The molecular formula is C55H39NO. The van der Waals surface area contributed by atoms with Crippen LogP contribution in [0.3, 0.4) is 0 Å². The lowest BCUT2D eigenvalue weighted by molar-refractivity contribution is 0.660. The highest BCUT2D eigenvalue weighted by Crippen LogP contribution is 2.56. The maximum atomic E-state index is 10.3. The maximum absolute atomic E-state index is 10.3. The Balaban J connectivity index is 1.53. The molecule has 1 heterocycles. The zero-order valence-electron chi connectivity index (χ0n) is 62.4. The van der Waals surface area contributed by atoms with Crippen molar-refractivity contribution < 1.29 is 49.7 Å². The number of para-hydroxylation sites is 1. The minimum absolute atomic E-state index is 0.284. The molecule has 0 spiro atoms. The predicted octanol–water partition coefficient (Wildman–Crippen LogP) is 15.5. The molecule has 0 bridgehead atoms. The molecule has 57 heavy (non-hydrogen) atoms. The topological polar surface area (TPSA) is 16.4 Å². The molecule has 11 rings (SSSR count). The minimum Gasteiger partial charge on any atom is -0.453 e. The fourth-order valence-corrected chi connectivity index (χ4v) is 7.15. The molecule has 0 radical (unpaired) electrons. The van der Waals surface area contributed by atoms with Crippen molar-refractivity contribution in [3.05, 3.63) is 211 Å². The van der Waals surface area contributed by atoms with Crippen LogP contribution in [0, 0.1) is 0 Å². The average Bonchev–Trinajstić information content (AvgIpc) is 1.44. The van der Waals surface area contributed by atoms with E-state index in [1.54, 1.807) is 0 Å². The van der Waals surface area contributed by atoms with Gasteiger partial charge in [-0.05, 0) is 79.9 Å². The Morgan fingerprint density at radius 3 is 1.79 bits per heavy atom. The van der Waals surface area contributed by atoms with Crippen molar-refractivity contribution in [1.29, 1.82) is 0 Å². The Hall–Kier alpha value is -7.16. The number of benzene rings is 9. The molecule has 9 aromatic carbocycles. The summed E-state index contributed by atoms with van der Waals surface area (Å²) in [5.74, 6) is 0. The van der Waals surface area contributed by atoms with E-state index in [1.807, 2.05) is 0 Å². The summed E-state index contributed by atoms with van der Waals surface area (Å²) in [6, 6.07) is -34.6. The number of rotatable bonds is 6. The normalized spacial score (nSPS) is 21.0. The molecule has 1 aromatic heterocycles. The van der Waals surface area contributed by atoms with E-state index in [0.717, 1.165) is 0 Å². The van der Waals surface area contributed by atoms with Crippen LogP contribution in [-0.4, -0.2) is 0 Å². The molecule has 0 N–H and O–H groups in total. The SMILES string of the molecule is [2H]c1c([2H])c([2H])c(-c2c([2H])c([2H])c(N(c3c([2H])c([2H])c([2H])c4c3-c3c([2H])c([2H])c([2H])c([2H])c3C4(C)C)c3c([2H])c([2H])c([2H])c4c3oc3c(-c5c([2H])c([2H])c([2H])c([2H])c5[2H])c([2H])c5c([2H])c([2H])c([2H])c([2H])c5c34)c(-c3c([2H])c([2H])c([2H])c([2H])c3[2H])c2[2H])c([2H])c1[2H]. The summed E-state index contributed by atoms with van der Waals surface area (Å²) in [6.07, 6.45) is 0. The lowest BCUT2D eigenvalue weighted by atomic mass is 9.82. The Bertz CT molecular complexity index is 5000. The van der Waals surface area contributed by atoms with Gasteiger partial charge < -0.3 is 9.32 Å². The molecule has 10 aromatic rings. The second-order valence-electron chi connectivity index (χ2n) is 13.1. The molecule has 2 heteroatoms. The first-order chi connectivity index (χ1) is 41.8. The van der Waals surface area contributed by atoms with E-state index in [2.05, 4.69) is 0 Å². The fraction of sp³-hybridized carbons (Fsp3) is 0.0545. The monoisotopic (exact) mass is 763 g/mol. The zero-order valence-corrected chi connectivity index (χ0v) is 29.4. The second kappa shape index (κ2) is 13.0. The lowest BCUT2D eigenvalue weighted by Gasteiger charge is -2.31. The van der Waals surface area contributed by atoms with Gasteiger partial charge in [-0.25, -0.2) is 0 Å². The van der Waals surface area contributed by atoms with Crippen molar-refractivity contribution in [2.45, 2.75) is 19.3 Å². The Morgan fingerprint density at radius 1 is 0.421 bits per heavy atom. The van der Waals surface area contributed by atoms with Gasteiger partial charge in [0.15, 0.2) is 5.58 Å². The highest BCUT2D eigenvalue weighted by Gasteiger charge is 2.38. The number of fused-ring (bicyclic) bond motifs is 8. The van der Waals surface area contributed by atoms with Gasteiger partial charge in [-0.3, -0.25) is 0 Å². The molecule has 270 valence electrons. The van der Waals surface area contributed by atoms with Crippen molar-refractivity contribution in [2.24, 2.45) is 0 Å². The molecule has 0 unspecified atom stereocenters. The average molecular weight is 763 g/mol. The van der Waals surface area contributed by atoms with Gasteiger partial charge in [0.2, 0.25) is 0 Å². The van der Waals surface area contributed by atoms with Gasteiger partial charge in [-0.15, -0.1) is 0 Å². The van der Waals surface area contributed by atoms with Crippen LogP contribution in [0.25, 0.3) is 77.2 Å². The van der Waals surface area contributed by atoms with Crippen LogP contribution in [-0.2, 0) is 5.41 Å². The first-order valence-corrected chi connectivity index (χ1v) is 17.1. The van der Waals surface area contributed by atoms with Gasteiger partial charge in [-0.1, -0.05) is 183 Å². The van der Waals surface area contributed by atoms with E-state index < -0.39 is 299 Å². The van der Waals surface area contributed by atoms with Gasteiger partial charge in [0, 0.05) is 32.9 Å². The first-order valence-electron chi connectivity index (χ1n) is 33.6. The van der Waals surface area contributed by atoms with Gasteiger partial charge in [-0.2, -0.15) is 0 Å². The molecule has 1 aliphatic rings. The number of furan rings is 1. The Morgan fingerprint density at radius 2 is 1.02 bits per heavy atom. The predicted molar refractivity (Wildman–Crippen MR) is 240 cm³/mol. The molecule has 0 atom stereocenters. The molecule has 0 aliphatic heterocycles. The molecule has 2 nitrogen and oxygen atoms in total. The molecule has 0 fully saturated rings. The third kappa shape index (κ3) is 5.18. The summed E-state index contributed by atoms with van der Waals surface area (Å²) < 4.78 is 311. The van der Waals surface area contributed by atoms with Crippen LogP contribution in [0.4, 0.5) is 17.1 Å². The standard InChI is InChI=1S/C55H39NO/c1-55(2)46-28-15-14-26-42(46)52-47(55)29-17-30-49(52)56(48-33-32-39(36-18-6-3-7-19-36)34-44(48)37-20-8-4-9-21-37)50-31-16-27-43-51-41-25-13-12-24-40(41)35-45(54(51)57-53(43)50)38-22-10-5-11-23-38/h3-35H,1-2H3/i3D,4D,5D,6D,7D,8D,9D,10D,11D,12D,13D,14D,15D,16D,17D,18D,19D,20D,21D,22D,23D,24D,25D,26D,27D,28D,29D,30D,31D,32D,33D,34D,35D. The third-order valence-corrected chi connectivity index (χ3v) is 9.66. The summed E-state index contributed by atoms with van der Waals surface area (Å²) in [5, 5.41) is -2.88. The highest BCUT2D eigenvalue weighted by molar-refractivity contribution is 6.24. The van der Waals surface area contributed by atoms with Crippen molar-refractivity contribution in [3.8, 4) is 44.5 Å². The van der Waals surface area contributed by atoms with Crippen molar-refractivity contribution in [1.82, 2.24) is 0 Å². The van der Waals surface area contributed by atoms with Gasteiger partial charge in [0.1, 0.15) is 5.58 Å². The van der Waals surface area contributed by atoms with Crippen LogP contribution in [0.5, 0.6) is 0 Å². The quantitative estimate of drug-likeness (QED) is 0.168. The van der Waals surface area contributed by atoms with E-state index >= 15 is 0 Å². The fourth-order valence-electron chi connectivity index (χ4n) is 7.15. The Labute approximate surface area is 379 Å². The highest BCUT2D eigenvalue weighted by atomic mass is 16.3. The van der Waals surface area contributed by atoms with Crippen molar-refractivity contribution >= 4 is 49.8 Å². The van der Waals surface area contributed by atoms with Gasteiger partial charge in [0.05, 0.1) is 62.3 Å². The number of hydrogen-bond donors (Lipinski definition) is 0. The molecule has 0 saturated heterocycles. The van der Waals surface area contributed by atoms with Crippen LogP contribution in [0.2, 0.25) is 0 Å². The van der Waals surface area contributed by atoms with E-state index in [4.69, 9.17) is 27.7 Å². The molecular weight excluding hydrogens is 691 g/mol. The number of anilines is 3. The number of nitrogens with zero attached hydrogens (tertiary/aromatic N) is 1. The van der Waals surface area contributed by atoms with Crippen molar-refractivity contribution in [2.75, 3.05) is 4.90 Å². The van der Waals surface area contributed by atoms with Crippen LogP contribution in [0.1, 0.15) is 70.2 Å². The van der Waals surface area contributed by atoms with Crippen LogP contribution in [0.15, 0.2) is 204 Å². The van der Waals surface area contributed by atoms with Gasteiger partial charge >= 0.3 is 0 Å². The van der Waals surface area contributed by atoms with Crippen LogP contribution >= 0.6 is 0 Å². The summed E-state index contributed by atoms with van der Waals surface area (Å²) >= 11 is 0. The van der Waals surface area contributed by atoms with E-state index in [-0.39, 0.29) is 11.1 Å². The maximum Gasteiger partial charge on any atom is 0.159 e. The summed E-state index contributed by atoms with van der Waals surface area (Å²) in [4.78, 5) is 0.513. The smallest absolute Gasteiger partial charge is 0.159 e. The lowest BCUT2D eigenvalue weighted by Crippen LogP contribution is -2.16. The third-order valence-electron chi connectivity index (χ3n) is 9.66. The van der Waals surface area contributed by atoms with Gasteiger partial charge in [0.25, 0.3) is 0 Å². The molecule has 0 amide bonds. The summed E-state index contributed by atoms with van der Waals surface area (Å²) in [5.41, 5.74) is -14.7. The van der Waals surface area contributed by atoms with Crippen molar-refractivity contribution in [3.63, 3.8) is 0 Å². The summed E-state index contributed by atoms with van der Waals surface area (Å²) in [6.45, 7) is 2.77.